The lowest BCUT2D eigenvalue weighted by Gasteiger charge is -2.23. The molecule has 0 radical (unpaired) electrons. The number of sulfonamides is 1. The van der Waals surface area contributed by atoms with E-state index < -0.39 is 28.4 Å². The molecule has 0 N–H and O–H groups in total. The molecule has 7 heteroatoms. The number of anilines is 1. The third-order valence-corrected chi connectivity index (χ3v) is 5.66. The van der Waals surface area contributed by atoms with E-state index in [-0.39, 0.29) is 10.5 Å². The number of hydrogen-bond acceptors (Lipinski definition) is 4. The first-order valence-electron chi connectivity index (χ1n) is 7.48. The van der Waals surface area contributed by atoms with Crippen LogP contribution in [0.1, 0.15) is 17.3 Å². The lowest BCUT2D eigenvalue weighted by Crippen LogP contribution is -2.42. The van der Waals surface area contributed by atoms with Crippen molar-refractivity contribution in [3.8, 4) is 0 Å². The van der Waals surface area contributed by atoms with E-state index in [1.807, 2.05) is 6.07 Å². The molecule has 1 aliphatic heterocycles. The zero-order chi connectivity index (χ0) is 17.3. The van der Waals surface area contributed by atoms with Crippen LogP contribution in [0.5, 0.6) is 0 Å². The molecule has 0 saturated heterocycles. The Kier molecular flexibility index (Phi) is 4.11. The molecule has 0 bridgehead atoms. The van der Waals surface area contributed by atoms with Crippen LogP contribution in [0.25, 0.3) is 0 Å². The van der Waals surface area contributed by atoms with Gasteiger partial charge in [0.2, 0.25) is 5.91 Å². The van der Waals surface area contributed by atoms with Crippen LogP contribution in [-0.4, -0.2) is 37.6 Å². The monoisotopic (exact) mass is 344 g/mol. The molecule has 2 amide bonds. The summed E-state index contributed by atoms with van der Waals surface area (Å²) in [6, 6.07) is 14.9. The second-order valence-electron chi connectivity index (χ2n) is 5.29. The van der Waals surface area contributed by atoms with Crippen LogP contribution >= 0.6 is 0 Å². The van der Waals surface area contributed by atoms with Gasteiger partial charge in [-0.2, -0.15) is 0 Å². The van der Waals surface area contributed by atoms with Crippen LogP contribution in [0, 0.1) is 0 Å². The highest BCUT2D eigenvalue weighted by atomic mass is 32.2. The number of hydrogen-bond donors (Lipinski definition) is 0. The van der Waals surface area contributed by atoms with Gasteiger partial charge in [-0.1, -0.05) is 30.3 Å². The molecular weight excluding hydrogens is 328 g/mol. The fraction of sp³-hybridized carbons (Fsp3) is 0.176. The molecule has 1 heterocycles. The van der Waals surface area contributed by atoms with E-state index >= 15 is 0 Å². The van der Waals surface area contributed by atoms with Crippen molar-refractivity contribution < 1.29 is 18.0 Å². The zero-order valence-corrected chi connectivity index (χ0v) is 13.9. The molecule has 3 rings (SSSR count). The van der Waals surface area contributed by atoms with Gasteiger partial charge >= 0.3 is 0 Å². The van der Waals surface area contributed by atoms with Gasteiger partial charge in [0.1, 0.15) is 11.4 Å². The highest BCUT2D eigenvalue weighted by Crippen LogP contribution is 2.30. The number of rotatable bonds is 4. The first-order chi connectivity index (χ1) is 11.5. The zero-order valence-electron chi connectivity index (χ0n) is 13.0. The molecular formula is C17H16N2O4S. The first kappa shape index (κ1) is 16.2. The maximum absolute atomic E-state index is 12.6. The molecule has 6 nitrogen and oxygen atoms in total. The van der Waals surface area contributed by atoms with E-state index in [2.05, 4.69) is 0 Å². The van der Waals surface area contributed by atoms with Crippen molar-refractivity contribution >= 4 is 27.5 Å². The summed E-state index contributed by atoms with van der Waals surface area (Å²) in [7, 11) is -3.98. The van der Waals surface area contributed by atoms with E-state index in [1.165, 1.54) is 17.0 Å². The molecule has 0 saturated carbocycles. The molecule has 124 valence electrons. The van der Waals surface area contributed by atoms with Crippen LogP contribution in [0.4, 0.5) is 5.69 Å². The molecule has 0 spiro atoms. The van der Waals surface area contributed by atoms with E-state index in [1.54, 1.807) is 43.3 Å². The average molecular weight is 344 g/mol. The normalized spacial score (nSPS) is 15.2. The summed E-state index contributed by atoms with van der Waals surface area (Å²) >= 11 is 0. The maximum atomic E-state index is 12.6. The Morgan fingerprint density at radius 3 is 2.29 bits per heavy atom. The summed E-state index contributed by atoms with van der Waals surface area (Å²) in [5, 5.41) is 0. The second-order valence-corrected chi connectivity index (χ2v) is 7.12. The smallest absolute Gasteiger partial charge is 0.269 e. The van der Waals surface area contributed by atoms with E-state index in [0.717, 1.165) is 0 Å². The van der Waals surface area contributed by atoms with Gasteiger partial charge in [0.15, 0.2) is 0 Å². The highest BCUT2D eigenvalue weighted by molar-refractivity contribution is 7.90. The van der Waals surface area contributed by atoms with Gasteiger partial charge in [-0.15, -0.1) is 0 Å². The Labute approximate surface area is 140 Å². The SMILES string of the molecule is CCN(C(=O)CN1C(=O)c2ccccc2S1(=O)=O)c1ccccc1. The van der Waals surface area contributed by atoms with E-state index in [9.17, 15) is 18.0 Å². The number of amides is 2. The topological polar surface area (TPSA) is 74.8 Å². The molecule has 2 aromatic rings. The fourth-order valence-corrected chi connectivity index (χ4v) is 4.22. The van der Waals surface area contributed by atoms with Gasteiger partial charge in [0, 0.05) is 12.2 Å². The van der Waals surface area contributed by atoms with E-state index in [0.29, 0.717) is 16.5 Å². The van der Waals surface area contributed by atoms with E-state index in [4.69, 9.17) is 0 Å². The Balaban J connectivity index is 1.89. The van der Waals surface area contributed by atoms with Crippen molar-refractivity contribution in [2.45, 2.75) is 11.8 Å². The maximum Gasteiger partial charge on any atom is 0.269 e. The van der Waals surface area contributed by atoms with Crippen molar-refractivity contribution in [2.75, 3.05) is 18.0 Å². The number of nitrogens with zero attached hydrogens (tertiary/aromatic N) is 2. The number of carbonyl (C=O) groups is 2. The van der Waals surface area contributed by atoms with Gasteiger partial charge in [-0.05, 0) is 31.2 Å². The minimum Gasteiger partial charge on any atom is -0.311 e. The van der Waals surface area contributed by atoms with Crippen LogP contribution in [0.15, 0.2) is 59.5 Å². The number of fused-ring (bicyclic) bond motifs is 1. The summed E-state index contributed by atoms with van der Waals surface area (Å²) in [6.07, 6.45) is 0. The van der Waals surface area contributed by atoms with Gasteiger partial charge in [-0.25, -0.2) is 12.7 Å². The fourth-order valence-electron chi connectivity index (χ4n) is 2.71. The summed E-state index contributed by atoms with van der Waals surface area (Å²) in [4.78, 5) is 26.4. The van der Waals surface area contributed by atoms with Crippen molar-refractivity contribution in [2.24, 2.45) is 0 Å². The second kappa shape index (κ2) is 6.09. The summed E-state index contributed by atoms with van der Waals surface area (Å²) < 4.78 is 25.7. The minimum atomic E-state index is -3.98. The number of benzene rings is 2. The molecule has 2 aromatic carbocycles. The Morgan fingerprint density at radius 2 is 1.67 bits per heavy atom. The predicted molar refractivity (Wildman–Crippen MR) is 89.1 cm³/mol. The summed E-state index contributed by atoms with van der Waals surface area (Å²) in [6.45, 7) is 1.65. The van der Waals surface area contributed by atoms with Crippen LogP contribution in [0.3, 0.4) is 0 Å². The van der Waals surface area contributed by atoms with Gasteiger partial charge in [-0.3, -0.25) is 9.59 Å². The molecule has 0 aliphatic carbocycles. The van der Waals surface area contributed by atoms with Crippen molar-refractivity contribution in [1.29, 1.82) is 0 Å². The quantitative estimate of drug-likeness (QED) is 0.849. The van der Waals surface area contributed by atoms with Gasteiger partial charge < -0.3 is 4.90 Å². The lowest BCUT2D eigenvalue weighted by molar-refractivity contribution is -0.118. The van der Waals surface area contributed by atoms with Crippen molar-refractivity contribution in [1.82, 2.24) is 4.31 Å². The van der Waals surface area contributed by atoms with Crippen LogP contribution < -0.4 is 4.90 Å². The molecule has 1 aliphatic rings. The lowest BCUT2D eigenvalue weighted by atomic mass is 10.2. The standard InChI is InChI=1S/C17H16N2O4S/c1-2-18(13-8-4-3-5-9-13)16(20)12-19-17(21)14-10-6-7-11-15(14)24(19,22)23/h3-11H,2,12H2,1H3. The molecule has 0 aromatic heterocycles. The summed E-state index contributed by atoms with van der Waals surface area (Å²) in [5.74, 6) is -1.11. The summed E-state index contributed by atoms with van der Waals surface area (Å²) in [5.41, 5.74) is 0.764. The Hall–Kier alpha value is -2.67. The third kappa shape index (κ3) is 2.56. The first-order valence-corrected chi connectivity index (χ1v) is 8.92. The Bertz CT molecular complexity index is 894. The third-order valence-electron chi connectivity index (χ3n) is 3.88. The van der Waals surface area contributed by atoms with Crippen molar-refractivity contribution in [3.05, 3.63) is 60.2 Å². The van der Waals surface area contributed by atoms with Crippen LogP contribution in [0.2, 0.25) is 0 Å². The number of para-hydroxylation sites is 1. The highest BCUT2D eigenvalue weighted by Gasteiger charge is 2.42. The molecule has 0 atom stereocenters. The molecule has 0 unspecified atom stereocenters. The Morgan fingerprint density at radius 1 is 1.04 bits per heavy atom. The molecule has 24 heavy (non-hydrogen) atoms. The van der Waals surface area contributed by atoms with Gasteiger partial charge in [0.25, 0.3) is 15.9 Å². The number of carbonyl (C=O) groups excluding carboxylic acids is 2. The van der Waals surface area contributed by atoms with Crippen molar-refractivity contribution in [3.63, 3.8) is 0 Å². The van der Waals surface area contributed by atoms with Gasteiger partial charge in [0.05, 0.1) is 5.56 Å². The number of likely N-dealkylation sites (N-methyl/N-ethyl adjacent to an activating group) is 1. The average Bonchev–Trinajstić information content (AvgIpc) is 2.78. The largest absolute Gasteiger partial charge is 0.311 e. The predicted octanol–water partition coefficient (Wildman–Crippen LogP) is 1.88. The minimum absolute atomic E-state index is 0.0504. The van der Waals surface area contributed by atoms with Crippen LogP contribution in [-0.2, 0) is 14.8 Å². The molecule has 0 fully saturated rings.